The van der Waals surface area contributed by atoms with Gasteiger partial charge in [0.2, 0.25) is 11.8 Å². The monoisotopic (exact) mass is 239 g/mol. The molecule has 0 aromatic heterocycles. The Morgan fingerprint density at radius 1 is 1.18 bits per heavy atom. The first-order valence-electron chi connectivity index (χ1n) is 6.53. The van der Waals surface area contributed by atoms with Crippen LogP contribution in [0.15, 0.2) is 0 Å². The predicted molar refractivity (Wildman–Crippen MR) is 63.1 cm³/mol. The van der Waals surface area contributed by atoms with Crippen molar-refractivity contribution in [1.29, 1.82) is 0 Å². The average molecular weight is 239 g/mol. The number of hydrogen-bond donors (Lipinski definition) is 1. The van der Waals surface area contributed by atoms with Crippen LogP contribution in [0.3, 0.4) is 0 Å². The topological polar surface area (TPSA) is 57.6 Å². The van der Waals surface area contributed by atoms with Gasteiger partial charge in [-0.05, 0) is 31.1 Å². The Kier molecular flexibility index (Phi) is 3.52. The predicted octanol–water partition coefficient (Wildman–Crippen LogP) is 1.32. The van der Waals surface area contributed by atoms with E-state index in [4.69, 9.17) is 0 Å². The van der Waals surface area contributed by atoms with Crippen LogP contribution < -0.4 is 0 Å². The Labute approximate surface area is 102 Å². The molecule has 0 aromatic rings. The van der Waals surface area contributed by atoms with E-state index in [-0.39, 0.29) is 24.0 Å². The van der Waals surface area contributed by atoms with E-state index in [1.54, 1.807) is 0 Å². The van der Waals surface area contributed by atoms with Crippen LogP contribution in [0.5, 0.6) is 0 Å². The van der Waals surface area contributed by atoms with Crippen LogP contribution in [0, 0.1) is 11.8 Å². The summed E-state index contributed by atoms with van der Waals surface area (Å²) in [6.07, 6.45) is 2.57. The highest BCUT2D eigenvalue weighted by molar-refractivity contribution is 6.02. The van der Waals surface area contributed by atoms with Crippen LogP contribution in [-0.4, -0.2) is 34.0 Å². The van der Waals surface area contributed by atoms with E-state index >= 15 is 0 Å². The summed E-state index contributed by atoms with van der Waals surface area (Å²) in [5, 5.41) is 9.76. The second kappa shape index (κ2) is 4.77. The summed E-state index contributed by atoms with van der Waals surface area (Å²) in [6, 6.07) is -0.0822. The lowest BCUT2D eigenvalue weighted by Crippen LogP contribution is -2.49. The number of amides is 2. The quantitative estimate of drug-likeness (QED) is 0.739. The van der Waals surface area contributed by atoms with E-state index in [0.717, 1.165) is 12.8 Å². The number of carbonyl (C=O) groups is 2. The minimum Gasteiger partial charge on any atom is -0.393 e. The first-order chi connectivity index (χ1) is 8.00. The van der Waals surface area contributed by atoms with Crippen molar-refractivity contribution in [3.63, 3.8) is 0 Å². The van der Waals surface area contributed by atoms with Gasteiger partial charge in [-0.1, -0.05) is 13.8 Å². The van der Waals surface area contributed by atoms with Crippen molar-refractivity contribution in [1.82, 2.24) is 4.90 Å². The summed E-state index contributed by atoms with van der Waals surface area (Å²) in [5.41, 5.74) is 0. The highest BCUT2D eigenvalue weighted by Gasteiger charge is 2.42. The first-order valence-corrected chi connectivity index (χ1v) is 6.53. The van der Waals surface area contributed by atoms with Crippen LogP contribution in [0.2, 0.25) is 0 Å². The lowest BCUT2D eigenvalue weighted by atomic mass is 9.76. The number of rotatable bonds is 2. The van der Waals surface area contributed by atoms with E-state index in [2.05, 4.69) is 13.8 Å². The van der Waals surface area contributed by atoms with Crippen molar-refractivity contribution >= 4 is 11.8 Å². The normalized spacial score (nSPS) is 34.8. The van der Waals surface area contributed by atoms with Crippen molar-refractivity contribution in [3.05, 3.63) is 0 Å². The smallest absolute Gasteiger partial charge is 0.229 e. The molecule has 0 radical (unpaired) electrons. The summed E-state index contributed by atoms with van der Waals surface area (Å²) in [4.78, 5) is 25.0. The van der Waals surface area contributed by atoms with Gasteiger partial charge < -0.3 is 5.11 Å². The summed E-state index contributed by atoms with van der Waals surface area (Å²) in [5.74, 6) is 0.664. The molecule has 4 nitrogen and oxygen atoms in total. The summed E-state index contributed by atoms with van der Waals surface area (Å²) >= 11 is 0. The van der Waals surface area contributed by atoms with Gasteiger partial charge in [0.1, 0.15) is 0 Å². The molecule has 2 amide bonds. The van der Waals surface area contributed by atoms with Gasteiger partial charge in [-0.3, -0.25) is 14.5 Å². The molecule has 0 bridgehead atoms. The van der Waals surface area contributed by atoms with Crippen molar-refractivity contribution in [3.8, 4) is 0 Å². The largest absolute Gasteiger partial charge is 0.393 e. The Morgan fingerprint density at radius 3 is 2.29 bits per heavy atom. The maximum Gasteiger partial charge on any atom is 0.229 e. The van der Waals surface area contributed by atoms with Crippen molar-refractivity contribution in [2.75, 3.05) is 0 Å². The van der Waals surface area contributed by atoms with Crippen molar-refractivity contribution < 1.29 is 14.7 Å². The van der Waals surface area contributed by atoms with E-state index < -0.39 is 0 Å². The van der Waals surface area contributed by atoms with E-state index in [9.17, 15) is 14.7 Å². The highest BCUT2D eigenvalue weighted by Crippen LogP contribution is 2.35. The molecule has 2 fully saturated rings. The fraction of sp³-hybridized carbons (Fsp3) is 0.846. The standard InChI is InChI=1S/C13H21NO3/c1-8(2)10-4-3-9(15)7-11(10)14-12(16)5-6-13(14)17/h8-11,15H,3-7H2,1-2H3. The molecule has 0 spiro atoms. The molecule has 3 unspecified atom stereocenters. The summed E-state index contributed by atoms with van der Waals surface area (Å²) < 4.78 is 0. The van der Waals surface area contributed by atoms with Crippen LogP contribution in [-0.2, 0) is 9.59 Å². The van der Waals surface area contributed by atoms with E-state index in [1.165, 1.54) is 4.90 Å². The second-order valence-electron chi connectivity index (χ2n) is 5.60. The van der Waals surface area contributed by atoms with Crippen LogP contribution in [0.25, 0.3) is 0 Å². The fourth-order valence-electron chi connectivity index (χ4n) is 3.19. The van der Waals surface area contributed by atoms with Gasteiger partial charge in [0.25, 0.3) is 0 Å². The molecule has 2 rings (SSSR count). The fourth-order valence-corrected chi connectivity index (χ4v) is 3.19. The van der Waals surface area contributed by atoms with E-state index in [0.29, 0.717) is 31.1 Å². The number of hydrogen-bond acceptors (Lipinski definition) is 3. The molecule has 0 aromatic carbocycles. The molecule has 1 aliphatic heterocycles. The number of imide groups is 1. The van der Waals surface area contributed by atoms with Gasteiger partial charge in [0.05, 0.1) is 6.10 Å². The molecule has 1 saturated carbocycles. The number of likely N-dealkylation sites (tertiary alicyclic amines) is 1. The SMILES string of the molecule is CC(C)C1CCC(O)CC1N1C(=O)CCC1=O. The third kappa shape index (κ3) is 2.37. The van der Waals surface area contributed by atoms with Crippen LogP contribution >= 0.6 is 0 Å². The van der Waals surface area contributed by atoms with Gasteiger partial charge in [-0.25, -0.2) is 0 Å². The summed E-state index contributed by atoms with van der Waals surface area (Å²) in [7, 11) is 0. The molecule has 4 heteroatoms. The number of carbonyl (C=O) groups excluding carboxylic acids is 2. The molecule has 1 saturated heterocycles. The zero-order valence-electron chi connectivity index (χ0n) is 10.6. The lowest BCUT2D eigenvalue weighted by Gasteiger charge is -2.40. The molecule has 1 N–H and O–H groups in total. The van der Waals surface area contributed by atoms with E-state index in [1.807, 2.05) is 0 Å². The third-order valence-corrected chi connectivity index (χ3v) is 4.12. The molecular weight excluding hydrogens is 218 g/mol. The Morgan fingerprint density at radius 2 is 1.76 bits per heavy atom. The Bertz CT molecular complexity index is 311. The average Bonchev–Trinajstić information content (AvgIpc) is 2.58. The molecule has 1 heterocycles. The van der Waals surface area contributed by atoms with Gasteiger partial charge in [-0.2, -0.15) is 0 Å². The zero-order valence-corrected chi connectivity index (χ0v) is 10.6. The lowest BCUT2D eigenvalue weighted by molar-refractivity contribution is -0.145. The molecule has 96 valence electrons. The maximum absolute atomic E-state index is 11.8. The Hall–Kier alpha value is -0.900. The Balaban J connectivity index is 2.19. The maximum atomic E-state index is 11.8. The highest BCUT2D eigenvalue weighted by atomic mass is 16.3. The molecule has 17 heavy (non-hydrogen) atoms. The third-order valence-electron chi connectivity index (χ3n) is 4.12. The first kappa shape index (κ1) is 12.6. The molecule has 2 aliphatic rings. The second-order valence-corrected chi connectivity index (χ2v) is 5.60. The number of aliphatic hydroxyl groups excluding tert-OH is 1. The minimum atomic E-state index is -0.365. The summed E-state index contributed by atoms with van der Waals surface area (Å²) in [6.45, 7) is 4.25. The zero-order chi connectivity index (χ0) is 12.6. The van der Waals surface area contributed by atoms with Gasteiger partial charge in [-0.15, -0.1) is 0 Å². The molecule has 1 aliphatic carbocycles. The number of nitrogens with zero attached hydrogens (tertiary/aromatic N) is 1. The molecular formula is C13H21NO3. The van der Waals surface area contributed by atoms with Gasteiger partial charge >= 0.3 is 0 Å². The molecule has 3 atom stereocenters. The van der Waals surface area contributed by atoms with Crippen molar-refractivity contribution in [2.24, 2.45) is 11.8 Å². The van der Waals surface area contributed by atoms with Crippen LogP contribution in [0.1, 0.15) is 46.0 Å². The van der Waals surface area contributed by atoms with Gasteiger partial charge in [0.15, 0.2) is 0 Å². The minimum absolute atomic E-state index is 0.0558. The van der Waals surface area contributed by atoms with Gasteiger partial charge in [0, 0.05) is 18.9 Å². The van der Waals surface area contributed by atoms with Crippen molar-refractivity contribution in [2.45, 2.75) is 58.1 Å². The van der Waals surface area contributed by atoms with Crippen LogP contribution in [0.4, 0.5) is 0 Å². The number of aliphatic hydroxyl groups is 1.